The highest BCUT2D eigenvalue weighted by Crippen LogP contribution is 2.38. The van der Waals surface area contributed by atoms with Gasteiger partial charge >= 0.3 is 0 Å². The van der Waals surface area contributed by atoms with Crippen molar-refractivity contribution in [1.82, 2.24) is 4.90 Å². The van der Waals surface area contributed by atoms with Crippen molar-refractivity contribution in [2.24, 2.45) is 5.92 Å². The van der Waals surface area contributed by atoms with Crippen LogP contribution in [0.1, 0.15) is 47.8 Å². The molecule has 0 aliphatic heterocycles. The number of thiophene rings is 1. The molecule has 1 N–H and O–H groups in total. The lowest BCUT2D eigenvalue weighted by Gasteiger charge is -2.36. The molecule has 0 saturated heterocycles. The molecule has 0 unspecified atom stereocenters. The summed E-state index contributed by atoms with van der Waals surface area (Å²) in [5.74, 6) is 0.144. The average Bonchev–Trinajstić information content (AvgIpc) is 3.25. The van der Waals surface area contributed by atoms with Crippen molar-refractivity contribution in [3.05, 3.63) is 88.0 Å². The third-order valence-corrected chi connectivity index (χ3v) is 8.91. The Balaban J connectivity index is 1.49. The molecule has 3 aromatic carbocycles. The van der Waals surface area contributed by atoms with Crippen molar-refractivity contribution in [3.63, 3.8) is 0 Å². The first-order chi connectivity index (χ1) is 17.9. The molecule has 1 heterocycles. The molecule has 190 valence electrons. The highest BCUT2D eigenvalue weighted by molar-refractivity contribution is 7.21. The highest BCUT2D eigenvalue weighted by atomic mass is 35.5. The summed E-state index contributed by atoms with van der Waals surface area (Å²) in [6.45, 7) is 2.41. The van der Waals surface area contributed by atoms with E-state index >= 15 is 4.39 Å². The summed E-state index contributed by atoms with van der Waals surface area (Å²) in [5, 5.41) is 3.96. The van der Waals surface area contributed by atoms with E-state index in [1.54, 1.807) is 18.2 Å². The third kappa shape index (κ3) is 5.41. The van der Waals surface area contributed by atoms with E-state index in [9.17, 15) is 9.59 Å². The number of benzene rings is 3. The molecule has 1 fully saturated rings. The molecule has 1 saturated carbocycles. The fraction of sp³-hybridized carbons (Fsp3) is 0.267. The number of anilines is 1. The number of nitrogens with zero attached hydrogens (tertiary/aromatic N) is 1. The van der Waals surface area contributed by atoms with Crippen LogP contribution in [0.5, 0.6) is 0 Å². The molecule has 0 atom stereocenters. The molecular formula is C30H28ClFN2O2S. The number of carbonyl (C=O) groups excluding carboxylic acids is 2. The topological polar surface area (TPSA) is 49.4 Å². The van der Waals surface area contributed by atoms with Gasteiger partial charge in [-0.3, -0.25) is 9.59 Å². The lowest BCUT2D eigenvalue weighted by atomic mass is 9.86. The van der Waals surface area contributed by atoms with Crippen LogP contribution < -0.4 is 5.32 Å². The van der Waals surface area contributed by atoms with E-state index in [4.69, 9.17) is 11.6 Å². The predicted octanol–water partition coefficient (Wildman–Crippen LogP) is 8.15. The van der Waals surface area contributed by atoms with E-state index in [2.05, 4.69) is 12.2 Å². The molecule has 0 bridgehead atoms. The summed E-state index contributed by atoms with van der Waals surface area (Å²) in [7, 11) is 0. The Labute approximate surface area is 225 Å². The largest absolute Gasteiger partial charge is 0.330 e. The minimum atomic E-state index is -0.340. The zero-order valence-electron chi connectivity index (χ0n) is 20.5. The number of halogens is 2. The summed E-state index contributed by atoms with van der Waals surface area (Å²) in [6, 6.07) is 20.1. The van der Waals surface area contributed by atoms with Crippen molar-refractivity contribution >= 4 is 51.0 Å². The van der Waals surface area contributed by atoms with Crippen LogP contribution in [-0.4, -0.2) is 23.3 Å². The van der Waals surface area contributed by atoms with E-state index in [0.717, 1.165) is 46.9 Å². The van der Waals surface area contributed by atoms with Crippen LogP contribution in [0.4, 0.5) is 10.1 Å². The quantitative estimate of drug-likeness (QED) is 0.243. The van der Waals surface area contributed by atoms with Gasteiger partial charge in [0.05, 0.1) is 5.02 Å². The fourth-order valence-electron chi connectivity index (χ4n) is 5.09. The lowest BCUT2D eigenvalue weighted by molar-refractivity contribution is -0.105. The van der Waals surface area contributed by atoms with E-state index in [0.29, 0.717) is 33.5 Å². The second-order valence-electron chi connectivity index (χ2n) is 9.73. The summed E-state index contributed by atoms with van der Waals surface area (Å²) in [6.07, 6.45) is 4.49. The Kier molecular flexibility index (Phi) is 7.58. The van der Waals surface area contributed by atoms with Gasteiger partial charge in [-0.15, -0.1) is 11.3 Å². The third-order valence-electron chi connectivity index (χ3n) is 7.25. The van der Waals surface area contributed by atoms with E-state index in [1.807, 2.05) is 47.4 Å². The highest BCUT2D eigenvalue weighted by Gasteiger charge is 2.31. The molecule has 37 heavy (non-hydrogen) atoms. The van der Waals surface area contributed by atoms with Crippen LogP contribution in [0.15, 0.2) is 66.7 Å². The molecule has 4 aromatic rings. The Morgan fingerprint density at radius 1 is 1.05 bits per heavy atom. The number of amides is 2. The molecule has 0 radical (unpaired) electrons. The van der Waals surface area contributed by atoms with Gasteiger partial charge in [-0.05, 0) is 73.1 Å². The minimum absolute atomic E-state index is 0.0294. The Hall–Kier alpha value is -3.22. The van der Waals surface area contributed by atoms with Crippen LogP contribution in [-0.2, 0) is 11.3 Å². The Morgan fingerprint density at radius 3 is 2.46 bits per heavy atom. The zero-order chi connectivity index (χ0) is 25.9. The van der Waals surface area contributed by atoms with Crippen LogP contribution in [0.2, 0.25) is 5.02 Å². The smallest absolute Gasteiger partial charge is 0.266 e. The number of fused-ring (bicyclic) bond motifs is 1. The number of hydrogen-bond acceptors (Lipinski definition) is 3. The molecule has 1 aliphatic rings. The minimum Gasteiger partial charge on any atom is -0.330 e. The maximum atomic E-state index is 15.1. The number of carbonyl (C=O) groups is 2. The maximum Gasteiger partial charge on any atom is 0.266 e. The summed E-state index contributed by atoms with van der Waals surface area (Å²) in [5.41, 5.74) is 2.90. The Morgan fingerprint density at radius 2 is 1.76 bits per heavy atom. The van der Waals surface area contributed by atoms with Gasteiger partial charge in [0, 0.05) is 33.9 Å². The molecule has 0 spiro atoms. The number of nitrogens with one attached hydrogen (secondary N) is 1. The molecule has 7 heteroatoms. The molecule has 4 nitrogen and oxygen atoms in total. The van der Waals surface area contributed by atoms with Crippen molar-refractivity contribution in [1.29, 1.82) is 0 Å². The summed E-state index contributed by atoms with van der Waals surface area (Å²) < 4.78 is 16.1. The van der Waals surface area contributed by atoms with Gasteiger partial charge in [0.15, 0.2) is 0 Å². The van der Waals surface area contributed by atoms with Crippen molar-refractivity contribution in [2.45, 2.75) is 45.2 Å². The van der Waals surface area contributed by atoms with Crippen molar-refractivity contribution in [2.75, 3.05) is 5.32 Å². The molecule has 1 aliphatic carbocycles. The lowest BCUT2D eigenvalue weighted by Crippen LogP contribution is -2.41. The summed E-state index contributed by atoms with van der Waals surface area (Å²) >= 11 is 8.09. The van der Waals surface area contributed by atoms with Crippen molar-refractivity contribution < 1.29 is 14.0 Å². The van der Waals surface area contributed by atoms with Gasteiger partial charge in [0.2, 0.25) is 6.41 Å². The second kappa shape index (κ2) is 11.0. The SMILES string of the molecule is CC1CCC(N(Cc2cc(-c3ccc(NC=O)cc3)ccc2F)C(=O)c2sc3ccccc3c2Cl)CC1. The van der Waals surface area contributed by atoms with E-state index in [-0.39, 0.29) is 24.3 Å². The standard InChI is InChI=1S/C30H28ClFN2O2S/c1-19-6-13-24(14-7-19)34(30(36)29-28(31)25-4-2-3-5-27(25)37-29)17-22-16-21(10-15-26(22)32)20-8-11-23(12-9-20)33-18-35/h2-5,8-12,15-16,18-19,24H,6-7,13-14,17H2,1H3,(H,33,35). The van der Waals surface area contributed by atoms with Crippen LogP contribution in [0.3, 0.4) is 0 Å². The van der Waals surface area contributed by atoms with Crippen LogP contribution in [0.25, 0.3) is 21.2 Å². The molecule has 5 rings (SSSR count). The Bertz CT molecular complexity index is 1430. The van der Waals surface area contributed by atoms with Gasteiger partial charge in [-0.2, -0.15) is 0 Å². The molecule has 2 amide bonds. The number of rotatable bonds is 7. The van der Waals surface area contributed by atoms with Gasteiger partial charge in [0.25, 0.3) is 5.91 Å². The fourth-order valence-corrected chi connectivity index (χ4v) is 6.56. The number of hydrogen-bond donors (Lipinski definition) is 1. The summed E-state index contributed by atoms with van der Waals surface area (Å²) in [4.78, 5) is 27.0. The monoisotopic (exact) mass is 534 g/mol. The zero-order valence-corrected chi connectivity index (χ0v) is 22.1. The maximum absolute atomic E-state index is 15.1. The molecular weight excluding hydrogens is 507 g/mol. The van der Waals surface area contributed by atoms with Gasteiger partial charge < -0.3 is 10.2 Å². The normalized spacial score (nSPS) is 17.5. The van der Waals surface area contributed by atoms with Crippen LogP contribution >= 0.6 is 22.9 Å². The van der Waals surface area contributed by atoms with Crippen molar-refractivity contribution in [3.8, 4) is 11.1 Å². The first-order valence-electron chi connectivity index (χ1n) is 12.5. The van der Waals surface area contributed by atoms with Gasteiger partial charge in [-0.1, -0.05) is 54.9 Å². The second-order valence-corrected chi connectivity index (χ2v) is 11.2. The van der Waals surface area contributed by atoms with Crippen LogP contribution in [0, 0.1) is 11.7 Å². The van der Waals surface area contributed by atoms with Gasteiger partial charge in [-0.25, -0.2) is 4.39 Å². The van der Waals surface area contributed by atoms with E-state index < -0.39 is 0 Å². The van der Waals surface area contributed by atoms with Gasteiger partial charge in [0.1, 0.15) is 10.7 Å². The average molecular weight is 535 g/mol. The molecule has 1 aromatic heterocycles. The first kappa shape index (κ1) is 25.4. The predicted molar refractivity (Wildman–Crippen MR) is 150 cm³/mol. The first-order valence-corrected chi connectivity index (χ1v) is 13.7. The van der Waals surface area contributed by atoms with E-state index in [1.165, 1.54) is 17.4 Å².